The molecule has 2 aliphatic rings. The van der Waals surface area contributed by atoms with E-state index in [9.17, 15) is 0 Å². The molecule has 0 spiro atoms. The maximum atomic E-state index is 6.04. The van der Waals surface area contributed by atoms with Crippen LogP contribution in [0.2, 0.25) is 0 Å². The summed E-state index contributed by atoms with van der Waals surface area (Å²) >= 11 is 0. The van der Waals surface area contributed by atoms with Crippen molar-refractivity contribution in [2.75, 3.05) is 18.1 Å². The first kappa shape index (κ1) is 12.4. The fraction of sp³-hybridized carbons (Fsp3) is 0.375. The van der Waals surface area contributed by atoms with Crippen LogP contribution in [0.5, 0.6) is 5.75 Å². The minimum atomic E-state index is 0.190. The first-order valence-corrected chi connectivity index (χ1v) is 7.33. The van der Waals surface area contributed by atoms with Crippen LogP contribution < -0.4 is 16.2 Å². The lowest BCUT2D eigenvalue weighted by Crippen LogP contribution is -2.16. The number of benzene rings is 1. The molecule has 2 aliphatic carbocycles. The summed E-state index contributed by atoms with van der Waals surface area (Å²) in [6.07, 6.45) is 7.19. The number of anilines is 2. The fourth-order valence-electron chi connectivity index (χ4n) is 3.60. The highest BCUT2D eigenvalue weighted by Crippen LogP contribution is 2.43. The molecule has 1 fully saturated rings. The number of hydrogen-bond donors (Lipinski definition) is 2. The van der Waals surface area contributed by atoms with Gasteiger partial charge in [0.1, 0.15) is 11.6 Å². The van der Waals surface area contributed by atoms with Gasteiger partial charge in [0.25, 0.3) is 0 Å². The van der Waals surface area contributed by atoms with Crippen LogP contribution in [0.3, 0.4) is 0 Å². The molecule has 3 unspecified atom stereocenters. The number of hydrogen-bond acceptors (Lipinski definition) is 5. The molecular formula is C16H18N4O. The van der Waals surface area contributed by atoms with Gasteiger partial charge in [-0.15, -0.1) is 0 Å². The highest BCUT2D eigenvalue weighted by molar-refractivity contribution is 5.94. The van der Waals surface area contributed by atoms with Gasteiger partial charge in [0.05, 0.1) is 17.5 Å². The third-order valence-corrected chi connectivity index (χ3v) is 4.60. The molecule has 3 atom stereocenters. The highest BCUT2D eigenvalue weighted by Gasteiger charge is 2.35. The molecule has 5 heteroatoms. The van der Waals surface area contributed by atoms with Crippen molar-refractivity contribution in [1.29, 1.82) is 0 Å². The van der Waals surface area contributed by atoms with E-state index in [1.807, 2.05) is 18.2 Å². The average Bonchev–Trinajstić information content (AvgIpc) is 3.06. The van der Waals surface area contributed by atoms with Crippen molar-refractivity contribution in [1.82, 2.24) is 9.97 Å². The largest absolute Gasteiger partial charge is 0.492 e. The second-order valence-corrected chi connectivity index (χ2v) is 5.97. The predicted molar refractivity (Wildman–Crippen MR) is 82.7 cm³/mol. The van der Waals surface area contributed by atoms with Crippen LogP contribution >= 0.6 is 0 Å². The second kappa shape index (κ2) is 4.62. The quantitative estimate of drug-likeness (QED) is 0.844. The van der Waals surface area contributed by atoms with E-state index in [1.54, 1.807) is 0 Å². The van der Waals surface area contributed by atoms with Crippen LogP contribution in [-0.2, 0) is 0 Å². The molecule has 0 aliphatic heterocycles. The summed E-state index contributed by atoms with van der Waals surface area (Å²) in [6.45, 7) is 0.717. The van der Waals surface area contributed by atoms with E-state index in [-0.39, 0.29) is 5.95 Å². The Hall–Kier alpha value is -2.30. The molecule has 2 aromatic rings. The summed E-state index contributed by atoms with van der Waals surface area (Å²) in [6, 6.07) is 5.70. The number of nitrogens with two attached hydrogens (primary N) is 2. The Morgan fingerprint density at radius 1 is 1.14 bits per heavy atom. The van der Waals surface area contributed by atoms with Crippen molar-refractivity contribution in [3.05, 3.63) is 30.4 Å². The molecule has 1 saturated carbocycles. The van der Waals surface area contributed by atoms with Crippen LogP contribution in [-0.4, -0.2) is 16.6 Å². The Bertz CT molecular complexity index is 728. The third kappa shape index (κ3) is 2.09. The molecule has 4 rings (SSSR count). The first-order valence-electron chi connectivity index (χ1n) is 7.33. The van der Waals surface area contributed by atoms with Gasteiger partial charge in [-0.3, -0.25) is 0 Å². The van der Waals surface area contributed by atoms with Gasteiger partial charge in [-0.05, 0) is 42.7 Å². The maximum Gasteiger partial charge on any atom is 0.222 e. The van der Waals surface area contributed by atoms with Crippen LogP contribution in [0.4, 0.5) is 11.8 Å². The zero-order valence-electron chi connectivity index (χ0n) is 11.7. The van der Waals surface area contributed by atoms with Gasteiger partial charge in [-0.1, -0.05) is 18.2 Å². The number of aromatic nitrogens is 2. The molecule has 1 heterocycles. The minimum Gasteiger partial charge on any atom is -0.492 e. The highest BCUT2D eigenvalue weighted by atomic mass is 16.5. The molecule has 21 heavy (non-hydrogen) atoms. The average molecular weight is 282 g/mol. The standard InChI is InChI=1S/C16H18N4O/c17-15-14-12(19-16(18)20-15)2-1-3-13(14)21-8-11-7-9-4-5-10(11)6-9/h1-5,9-11H,6-8H2,(H4,17,18,19,20). The Kier molecular flexibility index (Phi) is 2.74. The Morgan fingerprint density at radius 2 is 2.05 bits per heavy atom. The van der Waals surface area contributed by atoms with E-state index in [1.165, 1.54) is 12.8 Å². The normalized spacial score (nSPS) is 26.6. The number of allylic oxidation sites excluding steroid dienone is 2. The lowest BCUT2D eigenvalue weighted by atomic mass is 9.94. The molecule has 0 amide bonds. The lowest BCUT2D eigenvalue weighted by Gasteiger charge is -2.19. The van der Waals surface area contributed by atoms with Crippen molar-refractivity contribution < 1.29 is 4.74 Å². The van der Waals surface area contributed by atoms with Gasteiger partial charge in [0.15, 0.2) is 0 Å². The molecule has 4 N–H and O–H groups in total. The number of fused-ring (bicyclic) bond motifs is 3. The monoisotopic (exact) mass is 282 g/mol. The fourth-order valence-corrected chi connectivity index (χ4v) is 3.60. The predicted octanol–water partition coefficient (Wildman–Crippen LogP) is 2.39. The van der Waals surface area contributed by atoms with Crippen molar-refractivity contribution in [3.63, 3.8) is 0 Å². The van der Waals surface area contributed by atoms with Gasteiger partial charge in [-0.2, -0.15) is 4.98 Å². The SMILES string of the molecule is Nc1nc(N)c2c(OCC3CC4C=CC3C4)cccc2n1. The van der Waals surface area contributed by atoms with Crippen LogP contribution in [0.25, 0.3) is 10.9 Å². The smallest absolute Gasteiger partial charge is 0.222 e. The zero-order valence-corrected chi connectivity index (χ0v) is 11.7. The first-order chi connectivity index (χ1) is 10.2. The lowest BCUT2D eigenvalue weighted by molar-refractivity contribution is 0.230. The summed E-state index contributed by atoms with van der Waals surface area (Å²) in [5.74, 6) is 3.35. The van der Waals surface area contributed by atoms with Crippen LogP contribution in [0, 0.1) is 17.8 Å². The molecule has 1 aromatic heterocycles. The van der Waals surface area contributed by atoms with Crippen molar-refractivity contribution in [2.24, 2.45) is 17.8 Å². The summed E-state index contributed by atoms with van der Waals surface area (Å²) < 4.78 is 6.04. The molecule has 108 valence electrons. The maximum absolute atomic E-state index is 6.04. The van der Waals surface area contributed by atoms with Gasteiger partial charge < -0.3 is 16.2 Å². The van der Waals surface area contributed by atoms with Crippen molar-refractivity contribution >= 4 is 22.7 Å². The van der Waals surface area contributed by atoms with Crippen molar-refractivity contribution in [2.45, 2.75) is 12.8 Å². The summed E-state index contributed by atoms with van der Waals surface area (Å²) in [4.78, 5) is 8.24. The molecule has 1 aromatic carbocycles. The van der Waals surface area contributed by atoms with Gasteiger partial charge in [0, 0.05) is 0 Å². The Balaban J connectivity index is 1.60. The van der Waals surface area contributed by atoms with Crippen molar-refractivity contribution in [3.8, 4) is 5.75 Å². The van der Waals surface area contributed by atoms with E-state index in [2.05, 4.69) is 22.1 Å². The topological polar surface area (TPSA) is 87.0 Å². The number of rotatable bonds is 3. The van der Waals surface area contributed by atoms with Crippen LogP contribution in [0.15, 0.2) is 30.4 Å². The zero-order chi connectivity index (χ0) is 14.4. The van der Waals surface area contributed by atoms with E-state index in [4.69, 9.17) is 16.2 Å². The Labute approximate surface area is 123 Å². The number of nitrogens with zero attached hydrogens (tertiary/aromatic N) is 2. The van der Waals surface area contributed by atoms with Gasteiger partial charge in [0.2, 0.25) is 5.95 Å². The molecule has 2 bridgehead atoms. The Morgan fingerprint density at radius 3 is 2.81 bits per heavy atom. The summed E-state index contributed by atoms with van der Waals surface area (Å²) in [5.41, 5.74) is 12.3. The van der Waals surface area contributed by atoms with E-state index in [0.29, 0.717) is 24.3 Å². The van der Waals surface area contributed by atoms with Crippen LogP contribution in [0.1, 0.15) is 12.8 Å². The van der Waals surface area contributed by atoms with Gasteiger partial charge >= 0.3 is 0 Å². The van der Waals surface area contributed by atoms with E-state index >= 15 is 0 Å². The molecule has 5 nitrogen and oxygen atoms in total. The van der Waals surface area contributed by atoms with Gasteiger partial charge in [-0.25, -0.2) is 4.98 Å². The summed E-state index contributed by atoms with van der Waals surface area (Å²) in [7, 11) is 0. The van der Waals surface area contributed by atoms with E-state index < -0.39 is 0 Å². The molecule has 0 radical (unpaired) electrons. The minimum absolute atomic E-state index is 0.190. The third-order valence-electron chi connectivity index (χ3n) is 4.60. The number of ether oxygens (including phenoxy) is 1. The van der Waals surface area contributed by atoms with E-state index in [0.717, 1.165) is 22.6 Å². The second-order valence-electron chi connectivity index (χ2n) is 5.97. The molecule has 0 saturated heterocycles. The number of nitrogen functional groups attached to an aromatic ring is 2. The molecular weight excluding hydrogens is 264 g/mol. The summed E-state index contributed by atoms with van der Waals surface area (Å²) in [5, 5.41) is 0.755.